The molecule has 1 saturated carbocycles. The minimum atomic E-state index is -4.33. The van der Waals surface area contributed by atoms with Crippen LogP contribution >= 0.6 is 11.8 Å². The third-order valence-corrected chi connectivity index (χ3v) is 18.9. The van der Waals surface area contributed by atoms with E-state index in [1.807, 2.05) is 6.08 Å². The van der Waals surface area contributed by atoms with Gasteiger partial charge in [0.25, 0.3) is 10.1 Å². The van der Waals surface area contributed by atoms with Crippen LogP contribution < -0.4 is 20.9 Å². The zero-order valence-corrected chi connectivity index (χ0v) is 53.0. The number of unbranched alkanes of at least 4 members (excludes halogenated alkanes) is 3. The van der Waals surface area contributed by atoms with E-state index in [9.17, 15) is 17.8 Å². The minimum Gasteiger partial charge on any atom is -0.370 e. The van der Waals surface area contributed by atoms with Crippen molar-refractivity contribution in [1.82, 2.24) is 25.3 Å². The fourth-order valence-electron chi connectivity index (χ4n) is 12.9. The van der Waals surface area contributed by atoms with Gasteiger partial charge in [-0.2, -0.15) is 18.0 Å². The molecule has 13 nitrogen and oxygen atoms in total. The number of aromatic nitrogens is 4. The van der Waals surface area contributed by atoms with Crippen LogP contribution in [0.3, 0.4) is 0 Å². The van der Waals surface area contributed by atoms with Crippen molar-refractivity contribution in [2.75, 3.05) is 54.0 Å². The third-order valence-electron chi connectivity index (χ3n) is 17.2. The van der Waals surface area contributed by atoms with Crippen LogP contribution in [0.1, 0.15) is 175 Å². The quantitative estimate of drug-likeness (QED) is 0.00919. The molecule has 9 rings (SSSR count). The van der Waals surface area contributed by atoms with E-state index in [1.54, 1.807) is 23.9 Å². The number of nitrogens with zero attached hydrogens (tertiary/aromatic N) is 6. The first kappa shape index (κ1) is 62.6. The molecule has 1 amide bonds. The summed E-state index contributed by atoms with van der Waals surface area (Å²) in [7, 11) is -4.33. The van der Waals surface area contributed by atoms with Gasteiger partial charge in [-0.05, 0) is 113 Å². The molecule has 2 aliphatic heterocycles. The highest BCUT2D eigenvalue weighted by Crippen LogP contribution is 2.66. The first-order valence-electron chi connectivity index (χ1n) is 30.9. The smallest absolute Gasteiger partial charge is 0.294 e. The second-order valence-electron chi connectivity index (χ2n) is 23.9. The van der Waals surface area contributed by atoms with Gasteiger partial charge in [0, 0.05) is 121 Å². The molecule has 0 bridgehead atoms. The van der Waals surface area contributed by atoms with Crippen LogP contribution in [0.5, 0.6) is 0 Å². The highest BCUT2D eigenvalue weighted by molar-refractivity contribution is 7.99. The number of thioether (sulfide) groups is 1. The van der Waals surface area contributed by atoms with Crippen molar-refractivity contribution in [3.8, 4) is 0 Å². The van der Waals surface area contributed by atoms with Gasteiger partial charge in [0.1, 0.15) is 23.2 Å². The van der Waals surface area contributed by atoms with Crippen molar-refractivity contribution in [1.29, 1.82) is 0 Å². The predicted molar refractivity (Wildman–Crippen MR) is 349 cm³/mol. The Kier molecular flexibility index (Phi) is 20.7. The van der Waals surface area contributed by atoms with Crippen molar-refractivity contribution in [2.45, 2.75) is 165 Å². The Morgan fingerprint density at radius 2 is 1.39 bits per heavy atom. The Morgan fingerprint density at radius 1 is 0.694 bits per heavy atom. The number of allylic oxidation sites excluding steroid dienone is 6. The van der Waals surface area contributed by atoms with Crippen molar-refractivity contribution < 1.29 is 22.3 Å². The van der Waals surface area contributed by atoms with E-state index in [-0.39, 0.29) is 39.9 Å². The van der Waals surface area contributed by atoms with Crippen LogP contribution in [0.4, 0.5) is 23.1 Å². The van der Waals surface area contributed by atoms with Gasteiger partial charge in [-0.3, -0.25) is 9.35 Å². The van der Waals surface area contributed by atoms with Crippen LogP contribution in [0.15, 0.2) is 155 Å². The SMILES string of the molecule is CCCCc1nc(SCCNC(=O)CCCCC[N+]2=C(C=CC=CC=C3N(CC)c4ccc(S(=O)(=O)O)cc4C3(C)C)C(C)(C)c3cc(C)ccc32)cc(C2[C@@H](c3ccccc3)C(c3cc(NCCC)nc(NCCC)n3)[C@@H]2c2ccccc2)n1. The predicted octanol–water partition coefficient (Wildman–Crippen LogP) is 14.9. The van der Waals surface area contributed by atoms with Gasteiger partial charge in [-0.15, -0.1) is 11.8 Å². The largest absolute Gasteiger partial charge is 0.370 e. The molecule has 1 aliphatic carbocycles. The Labute approximate surface area is 510 Å². The number of hydrogen-bond acceptors (Lipinski definition) is 11. The third kappa shape index (κ3) is 14.3. The van der Waals surface area contributed by atoms with Gasteiger partial charge in [0.2, 0.25) is 17.5 Å². The molecule has 15 heteroatoms. The van der Waals surface area contributed by atoms with E-state index in [0.29, 0.717) is 31.2 Å². The number of anilines is 3. The lowest BCUT2D eigenvalue weighted by molar-refractivity contribution is -0.438. The summed E-state index contributed by atoms with van der Waals surface area (Å²) in [6.07, 6.45) is 18.5. The first-order valence-corrected chi connectivity index (χ1v) is 33.4. The second-order valence-corrected chi connectivity index (χ2v) is 26.5. The second kappa shape index (κ2) is 28.1. The summed E-state index contributed by atoms with van der Waals surface area (Å²) in [6.45, 7) is 23.2. The normalized spacial score (nSPS) is 19.2. The highest BCUT2D eigenvalue weighted by Gasteiger charge is 2.54. The Balaban J connectivity index is 0.849. The lowest BCUT2D eigenvalue weighted by atomic mass is 9.50. The van der Waals surface area contributed by atoms with Crippen LogP contribution in [0.2, 0.25) is 0 Å². The molecule has 0 radical (unpaired) electrons. The maximum absolute atomic E-state index is 13.4. The fraction of sp³-hybridized carbons (Fsp3) is 0.429. The van der Waals surface area contributed by atoms with Gasteiger partial charge >= 0.3 is 0 Å². The summed E-state index contributed by atoms with van der Waals surface area (Å²) < 4.78 is 36.3. The number of carbonyl (C=O) groups is 1. The average molecular weight is 1180 g/mol. The first-order chi connectivity index (χ1) is 41.0. The summed E-state index contributed by atoms with van der Waals surface area (Å²) in [6, 6.07) is 37.8. The van der Waals surface area contributed by atoms with Gasteiger partial charge in [0.05, 0.1) is 16.0 Å². The molecule has 6 aromatic rings. The molecule has 4 aromatic carbocycles. The van der Waals surface area contributed by atoms with E-state index >= 15 is 0 Å². The highest BCUT2D eigenvalue weighted by atomic mass is 32.2. The molecular weight excluding hydrogens is 1090 g/mol. The molecule has 4 heterocycles. The lowest BCUT2D eigenvalue weighted by Gasteiger charge is -2.52. The molecule has 0 spiro atoms. The van der Waals surface area contributed by atoms with Crippen LogP contribution in [-0.4, -0.2) is 87.6 Å². The van der Waals surface area contributed by atoms with Crippen LogP contribution in [0, 0.1) is 6.92 Å². The summed E-state index contributed by atoms with van der Waals surface area (Å²) in [5, 5.41) is 11.2. The maximum Gasteiger partial charge on any atom is 0.294 e. The molecule has 448 valence electrons. The summed E-state index contributed by atoms with van der Waals surface area (Å²) >= 11 is 1.69. The number of fused-ring (bicyclic) bond motifs is 2. The van der Waals surface area contributed by atoms with Crippen molar-refractivity contribution in [3.63, 3.8) is 0 Å². The average Bonchev–Trinajstić information content (AvgIpc) is 3.27. The van der Waals surface area contributed by atoms with Gasteiger partial charge in [0.15, 0.2) is 5.71 Å². The molecule has 1 fully saturated rings. The number of nitrogens with one attached hydrogen (secondary N) is 3. The summed E-state index contributed by atoms with van der Waals surface area (Å²) in [5.74, 6) is 3.47. The molecule has 4 N–H and O–H groups in total. The van der Waals surface area contributed by atoms with Crippen LogP contribution in [0.25, 0.3) is 0 Å². The number of likely N-dealkylation sites (N-methyl/N-ethyl adjacent to an activating group) is 1. The standard InChI is InChI=1S/C70H87N9O4S2/c1-10-14-33-60-74-55(67-64(49-27-19-15-20-28-49)66(65(67)50-29-21-16-22-30-50)54-46-61(71-39-11-2)77-68(75-54)73-40-12-3)47-63(76-60)84-43-41-72-62(80)34-25-18-26-42-79-57-37-35-48(5)44-52(57)69(6,7)59(79)32-24-17-23-31-58-70(8,9)53-45-51(85(81,82)83)36-38-56(53)78(58)13-4/h15-17,19-24,27-32,35-38,44-47,64-67H,10-14,18,25-26,33-34,39-43H2,1-9H3,(H3-,71,72,73,75,77,80,81,82,83)/p+1/t64-,65-,66?,67?/m0/s1. The zero-order chi connectivity index (χ0) is 60.3. The number of amides is 1. The fourth-order valence-corrected chi connectivity index (χ4v) is 14.1. The maximum atomic E-state index is 13.4. The lowest BCUT2D eigenvalue weighted by Crippen LogP contribution is -2.41. The van der Waals surface area contributed by atoms with E-state index in [4.69, 9.17) is 19.9 Å². The Hall–Kier alpha value is -6.94. The monoisotopic (exact) mass is 1180 g/mol. The van der Waals surface area contributed by atoms with E-state index in [2.05, 4.69) is 203 Å². The summed E-state index contributed by atoms with van der Waals surface area (Å²) in [4.78, 5) is 36.2. The van der Waals surface area contributed by atoms with Crippen molar-refractivity contribution in [3.05, 3.63) is 190 Å². The molecule has 0 saturated heterocycles. The molecule has 85 heavy (non-hydrogen) atoms. The van der Waals surface area contributed by atoms with Gasteiger partial charge in [-0.25, -0.2) is 15.0 Å². The zero-order valence-electron chi connectivity index (χ0n) is 51.4. The minimum absolute atomic E-state index is 0.0638. The van der Waals surface area contributed by atoms with Gasteiger partial charge < -0.3 is 20.9 Å². The number of rotatable bonds is 28. The number of aryl methyl sites for hydroxylation is 2. The van der Waals surface area contributed by atoms with Gasteiger partial charge in [-0.1, -0.05) is 132 Å². The molecule has 2 aromatic heterocycles. The molecule has 0 unspecified atom stereocenters. The number of carbonyl (C=O) groups excluding carboxylic acids is 1. The van der Waals surface area contributed by atoms with Crippen molar-refractivity contribution >= 4 is 56.6 Å². The Bertz CT molecular complexity index is 3470. The van der Waals surface area contributed by atoms with E-state index in [1.165, 1.54) is 39.7 Å². The molecule has 2 atom stereocenters. The molecular formula is C70H88N9O4S2+. The van der Waals surface area contributed by atoms with Crippen molar-refractivity contribution in [2.24, 2.45) is 0 Å². The van der Waals surface area contributed by atoms with E-state index in [0.717, 1.165) is 116 Å². The number of benzene rings is 4. The van der Waals surface area contributed by atoms with E-state index < -0.39 is 15.5 Å². The molecule has 3 aliphatic rings. The topological polar surface area (TPSA) is 165 Å². The Morgan fingerprint density at radius 3 is 2.06 bits per heavy atom. The number of hydrogen-bond donors (Lipinski definition) is 4. The van der Waals surface area contributed by atoms with Crippen LogP contribution in [-0.2, 0) is 32.2 Å². The summed E-state index contributed by atoms with van der Waals surface area (Å²) in [5.41, 5.74) is 11.8.